The van der Waals surface area contributed by atoms with Crippen LogP contribution in [0.5, 0.6) is 0 Å². The van der Waals surface area contributed by atoms with Gasteiger partial charge in [-0.25, -0.2) is 13.1 Å². The Morgan fingerprint density at radius 2 is 2.33 bits per heavy atom. The standard InChI is InChI=1S/C11H16BrN3O2S/c1-13-18(16,17)8-10-3-2-4-15(10)11-5-9(12)6-14-7-11/h5-7,10,13H,2-4,8H2,1H3. The van der Waals surface area contributed by atoms with E-state index in [1.54, 1.807) is 12.4 Å². The summed E-state index contributed by atoms with van der Waals surface area (Å²) >= 11 is 3.38. The van der Waals surface area contributed by atoms with Gasteiger partial charge in [-0.1, -0.05) is 0 Å². The van der Waals surface area contributed by atoms with Crippen molar-refractivity contribution < 1.29 is 8.42 Å². The average molecular weight is 334 g/mol. The Bertz CT molecular complexity index is 521. The van der Waals surface area contributed by atoms with Crippen molar-refractivity contribution in [1.82, 2.24) is 9.71 Å². The van der Waals surface area contributed by atoms with Crippen LogP contribution in [0.2, 0.25) is 0 Å². The third-order valence-corrected chi connectivity index (χ3v) is 5.00. The predicted molar refractivity (Wildman–Crippen MR) is 75.2 cm³/mol. The van der Waals surface area contributed by atoms with E-state index in [4.69, 9.17) is 0 Å². The van der Waals surface area contributed by atoms with Crippen LogP contribution >= 0.6 is 15.9 Å². The Labute approximate surface area is 116 Å². The van der Waals surface area contributed by atoms with E-state index in [9.17, 15) is 8.42 Å². The van der Waals surface area contributed by atoms with Crippen molar-refractivity contribution >= 4 is 31.6 Å². The second kappa shape index (κ2) is 5.54. The highest BCUT2D eigenvalue weighted by Crippen LogP contribution is 2.27. The van der Waals surface area contributed by atoms with E-state index in [1.807, 2.05) is 6.07 Å². The number of nitrogens with zero attached hydrogens (tertiary/aromatic N) is 2. The molecule has 18 heavy (non-hydrogen) atoms. The van der Waals surface area contributed by atoms with Gasteiger partial charge in [-0.15, -0.1) is 0 Å². The summed E-state index contributed by atoms with van der Waals surface area (Å²) in [5.74, 6) is 0.135. The minimum Gasteiger partial charge on any atom is -0.366 e. The Morgan fingerprint density at radius 1 is 1.56 bits per heavy atom. The van der Waals surface area contributed by atoms with Gasteiger partial charge in [-0.05, 0) is 41.9 Å². The maximum atomic E-state index is 11.6. The van der Waals surface area contributed by atoms with Gasteiger partial charge in [0.05, 0.1) is 17.6 Å². The molecule has 0 saturated carbocycles. The van der Waals surface area contributed by atoms with Gasteiger partial charge in [0, 0.05) is 23.3 Å². The van der Waals surface area contributed by atoms with E-state index in [0.29, 0.717) is 0 Å². The zero-order valence-corrected chi connectivity index (χ0v) is 12.5. The molecule has 2 rings (SSSR count). The van der Waals surface area contributed by atoms with Crippen LogP contribution in [-0.2, 0) is 10.0 Å². The molecule has 1 unspecified atom stereocenters. The van der Waals surface area contributed by atoms with Gasteiger partial charge >= 0.3 is 0 Å². The highest BCUT2D eigenvalue weighted by molar-refractivity contribution is 9.10. The molecule has 0 spiro atoms. The lowest BCUT2D eigenvalue weighted by atomic mass is 10.2. The second-order valence-electron chi connectivity index (χ2n) is 4.34. The summed E-state index contributed by atoms with van der Waals surface area (Å²) in [7, 11) is -1.72. The van der Waals surface area contributed by atoms with Crippen LogP contribution in [0.25, 0.3) is 0 Å². The number of sulfonamides is 1. The predicted octanol–water partition coefficient (Wildman–Crippen LogP) is 1.36. The van der Waals surface area contributed by atoms with Gasteiger partial charge in [-0.2, -0.15) is 0 Å². The summed E-state index contributed by atoms with van der Waals surface area (Å²) in [6.45, 7) is 0.877. The molecule has 2 heterocycles. The quantitative estimate of drug-likeness (QED) is 0.903. The maximum absolute atomic E-state index is 11.6. The fraction of sp³-hybridized carbons (Fsp3) is 0.545. The number of hydrogen-bond donors (Lipinski definition) is 1. The van der Waals surface area contributed by atoms with Crippen molar-refractivity contribution in [3.8, 4) is 0 Å². The van der Waals surface area contributed by atoms with E-state index < -0.39 is 10.0 Å². The van der Waals surface area contributed by atoms with Crippen molar-refractivity contribution in [2.75, 3.05) is 24.2 Å². The normalized spacial score (nSPS) is 20.3. The minimum atomic E-state index is -3.18. The highest BCUT2D eigenvalue weighted by Gasteiger charge is 2.29. The summed E-state index contributed by atoms with van der Waals surface area (Å²) in [6.07, 6.45) is 5.40. The van der Waals surface area contributed by atoms with Gasteiger partial charge in [0.25, 0.3) is 0 Å². The lowest BCUT2D eigenvalue weighted by Crippen LogP contribution is -2.38. The van der Waals surface area contributed by atoms with Gasteiger partial charge in [0.2, 0.25) is 10.0 Å². The first-order valence-electron chi connectivity index (χ1n) is 5.80. The molecule has 1 aliphatic rings. The molecule has 1 fully saturated rings. The SMILES string of the molecule is CNS(=O)(=O)CC1CCCN1c1cncc(Br)c1. The first-order valence-corrected chi connectivity index (χ1v) is 8.25. The number of hydrogen-bond acceptors (Lipinski definition) is 4. The van der Waals surface area contributed by atoms with Crippen molar-refractivity contribution in [3.05, 3.63) is 22.9 Å². The Kier molecular flexibility index (Phi) is 4.24. The van der Waals surface area contributed by atoms with Gasteiger partial charge in [0.15, 0.2) is 0 Å². The Hall–Kier alpha value is -0.660. The molecular weight excluding hydrogens is 318 g/mol. The number of anilines is 1. The molecule has 0 radical (unpaired) electrons. The number of aromatic nitrogens is 1. The summed E-state index contributed by atoms with van der Waals surface area (Å²) in [5.41, 5.74) is 0.971. The number of rotatable bonds is 4. The first kappa shape index (κ1) is 13.8. The van der Waals surface area contributed by atoms with E-state index in [1.165, 1.54) is 7.05 Å². The van der Waals surface area contributed by atoms with Crippen LogP contribution in [0.4, 0.5) is 5.69 Å². The van der Waals surface area contributed by atoms with Crippen LogP contribution in [0, 0.1) is 0 Å². The van der Waals surface area contributed by atoms with E-state index in [-0.39, 0.29) is 11.8 Å². The van der Waals surface area contributed by atoms with Crippen LogP contribution < -0.4 is 9.62 Å². The Balaban J connectivity index is 2.18. The molecule has 0 aromatic carbocycles. The van der Waals surface area contributed by atoms with Crippen LogP contribution in [0.1, 0.15) is 12.8 Å². The van der Waals surface area contributed by atoms with Gasteiger partial charge < -0.3 is 4.90 Å². The minimum absolute atomic E-state index is 0.0264. The molecule has 0 amide bonds. The smallest absolute Gasteiger partial charge is 0.213 e. The summed E-state index contributed by atoms with van der Waals surface area (Å²) < 4.78 is 26.5. The second-order valence-corrected chi connectivity index (χ2v) is 7.22. The van der Waals surface area contributed by atoms with E-state index >= 15 is 0 Å². The van der Waals surface area contributed by atoms with Crippen molar-refractivity contribution in [2.45, 2.75) is 18.9 Å². The molecule has 1 N–H and O–H groups in total. The zero-order valence-electron chi connectivity index (χ0n) is 10.1. The van der Waals surface area contributed by atoms with E-state index in [2.05, 4.69) is 30.5 Å². The number of halogens is 1. The largest absolute Gasteiger partial charge is 0.366 e. The van der Waals surface area contributed by atoms with Crippen LogP contribution in [0.3, 0.4) is 0 Å². The molecule has 5 nitrogen and oxygen atoms in total. The fourth-order valence-corrected chi connectivity index (χ4v) is 3.62. The summed E-state index contributed by atoms with van der Waals surface area (Å²) in [4.78, 5) is 6.24. The topological polar surface area (TPSA) is 62.3 Å². The zero-order chi connectivity index (χ0) is 13.2. The van der Waals surface area contributed by atoms with Crippen molar-refractivity contribution in [1.29, 1.82) is 0 Å². The van der Waals surface area contributed by atoms with Crippen LogP contribution in [0.15, 0.2) is 22.9 Å². The molecule has 0 aliphatic carbocycles. The van der Waals surface area contributed by atoms with E-state index in [0.717, 1.165) is 29.5 Å². The third kappa shape index (κ3) is 3.21. The lowest BCUT2D eigenvalue weighted by molar-refractivity contribution is 0.577. The molecule has 0 bridgehead atoms. The molecule has 100 valence electrons. The van der Waals surface area contributed by atoms with Gasteiger partial charge in [0.1, 0.15) is 0 Å². The molecule has 1 aromatic heterocycles. The fourth-order valence-electron chi connectivity index (χ4n) is 2.24. The monoisotopic (exact) mass is 333 g/mol. The number of nitrogens with one attached hydrogen (secondary N) is 1. The Morgan fingerprint density at radius 3 is 3.00 bits per heavy atom. The molecule has 1 aromatic rings. The van der Waals surface area contributed by atoms with Gasteiger partial charge in [-0.3, -0.25) is 4.98 Å². The van der Waals surface area contributed by atoms with Crippen molar-refractivity contribution in [2.24, 2.45) is 0 Å². The highest BCUT2D eigenvalue weighted by atomic mass is 79.9. The average Bonchev–Trinajstić information content (AvgIpc) is 2.76. The molecule has 7 heteroatoms. The molecule has 1 atom stereocenters. The first-order chi connectivity index (χ1) is 8.52. The molecule has 1 aliphatic heterocycles. The third-order valence-electron chi connectivity index (χ3n) is 3.12. The molecular formula is C11H16BrN3O2S. The molecule has 1 saturated heterocycles. The summed E-state index contributed by atoms with van der Waals surface area (Å²) in [6, 6.07) is 2.00. The van der Waals surface area contributed by atoms with Crippen molar-refractivity contribution in [3.63, 3.8) is 0 Å². The van der Waals surface area contributed by atoms with Crippen LogP contribution in [-0.4, -0.2) is 38.8 Å². The number of pyridine rings is 1. The maximum Gasteiger partial charge on any atom is 0.213 e. The summed E-state index contributed by atoms with van der Waals surface area (Å²) in [5, 5.41) is 0. The lowest BCUT2D eigenvalue weighted by Gasteiger charge is -2.26.